The Bertz CT molecular complexity index is 447. The number of rotatable bonds is 5. The van der Waals surface area contributed by atoms with Crippen molar-refractivity contribution in [1.82, 2.24) is 4.90 Å². The van der Waals surface area contributed by atoms with Crippen LogP contribution in [0.4, 0.5) is 0 Å². The number of ether oxygens (including phenoxy) is 3. The van der Waals surface area contributed by atoms with Crippen LogP contribution in [0.1, 0.15) is 13.8 Å². The molecule has 0 amide bonds. The van der Waals surface area contributed by atoms with Gasteiger partial charge in [-0.15, -0.1) is 0 Å². The van der Waals surface area contributed by atoms with E-state index in [9.17, 15) is 4.79 Å². The van der Waals surface area contributed by atoms with Crippen LogP contribution >= 0.6 is 0 Å². The summed E-state index contributed by atoms with van der Waals surface area (Å²) in [4.78, 5) is 13.5. The minimum Gasteiger partial charge on any atom is -0.459 e. The Kier molecular flexibility index (Phi) is 5.74. The number of hydrogen-bond acceptors (Lipinski definition) is 6. The Balaban J connectivity index is 2.47. The first-order valence-electron chi connectivity index (χ1n) is 6.28. The smallest absolute Gasteiger partial charge is 0.348 e. The third-order valence-corrected chi connectivity index (χ3v) is 2.46. The number of allylic oxidation sites excluding steroid dienone is 2. The van der Waals surface area contributed by atoms with Crippen LogP contribution in [0, 0.1) is 11.3 Å². The van der Waals surface area contributed by atoms with Gasteiger partial charge in [-0.3, -0.25) is 0 Å². The van der Waals surface area contributed by atoms with E-state index in [0.717, 1.165) is 0 Å². The van der Waals surface area contributed by atoms with Crippen molar-refractivity contribution in [2.24, 2.45) is 0 Å². The van der Waals surface area contributed by atoms with E-state index < -0.39 is 11.8 Å². The molecule has 110 valence electrons. The molecule has 6 nitrogen and oxygen atoms in total. The van der Waals surface area contributed by atoms with E-state index in [0.29, 0.717) is 6.61 Å². The molecule has 0 aromatic heterocycles. The van der Waals surface area contributed by atoms with Crippen LogP contribution in [0.5, 0.6) is 0 Å². The predicted octanol–water partition coefficient (Wildman–Crippen LogP) is 1.21. The van der Waals surface area contributed by atoms with Gasteiger partial charge in [0.05, 0.1) is 6.61 Å². The Morgan fingerprint density at radius 1 is 1.55 bits per heavy atom. The second-order valence-corrected chi connectivity index (χ2v) is 5.05. The normalized spacial score (nSPS) is 21.8. The number of nitriles is 1. The summed E-state index contributed by atoms with van der Waals surface area (Å²) in [6.07, 6.45) is 4.45. The average Bonchev–Trinajstić information content (AvgIpc) is 2.71. The van der Waals surface area contributed by atoms with Gasteiger partial charge in [0, 0.05) is 14.1 Å². The van der Waals surface area contributed by atoms with Crippen LogP contribution in [0.15, 0.2) is 23.9 Å². The molecule has 6 heteroatoms. The Hall–Kier alpha value is -1.84. The fraction of sp³-hybridized carbons (Fsp3) is 0.571. The highest BCUT2D eigenvalue weighted by Gasteiger charge is 2.33. The average molecular weight is 280 g/mol. The molecule has 0 spiro atoms. The molecule has 0 N–H and O–H groups in total. The highest BCUT2D eigenvalue weighted by molar-refractivity contribution is 5.93. The molecule has 1 heterocycles. The van der Waals surface area contributed by atoms with Crippen molar-refractivity contribution in [3.05, 3.63) is 23.9 Å². The number of nitrogens with zero attached hydrogens (tertiary/aromatic N) is 2. The van der Waals surface area contributed by atoms with E-state index in [1.54, 1.807) is 31.0 Å². The minimum absolute atomic E-state index is 0.0544. The molecule has 0 radical (unpaired) electrons. The summed E-state index contributed by atoms with van der Waals surface area (Å²) in [6, 6.07) is 1.81. The zero-order chi connectivity index (χ0) is 15.2. The van der Waals surface area contributed by atoms with Gasteiger partial charge in [0.1, 0.15) is 24.4 Å². The molecule has 1 aliphatic heterocycles. The maximum atomic E-state index is 11.7. The highest BCUT2D eigenvalue weighted by atomic mass is 16.7. The van der Waals surface area contributed by atoms with Crippen molar-refractivity contribution in [2.45, 2.75) is 25.7 Å². The molecule has 20 heavy (non-hydrogen) atoms. The number of carbonyl (C=O) groups excluding carboxylic acids is 1. The molecule has 1 aliphatic rings. The van der Waals surface area contributed by atoms with Gasteiger partial charge in [0.2, 0.25) is 0 Å². The summed E-state index contributed by atoms with van der Waals surface area (Å²) >= 11 is 0. The van der Waals surface area contributed by atoms with Gasteiger partial charge in [-0.25, -0.2) is 4.79 Å². The van der Waals surface area contributed by atoms with Crippen LogP contribution in [0.2, 0.25) is 0 Å². The zero-order valence-corrected chi connectivity index (χ0v) is 12.3. The molecule has 1 rings (SSSR count). The van der Waals surface area contributed by atoms with Gasteiger partial charge >= 0.3 is 5.97 Å². The fourth-order valence-corrected chi connectivity index (χ4v) is 1.55. The van der Waals surface area contributed by atoms with Gasteiger partial charge in [-0.1, -0.05) is 0 Å². The largest absolute Gasteiger partial charge is 0.459 e. The van der Waals surface area contributed by atoms with E-state index in [1.807, 2.05) is 20.2 Å². The van der Waals surface area contributed by atoms with Crippen LogP contribution < -0.4 is 0 Å². The first kappa shape index (κ1) is 16.2. The van der Waals surface area contributed by atoms with E-state index >= 15 is 0 Å². The highest BCUT2D eigenvalue weighted by Crippen LogP contribution is 2.22. The lowest BCUT2D eigenvalue weighted by Crippen LogP contribution is -2.25. The van der Waals surface area contributed by atoms with Crippen molar-refractivity contribution >= 4 is 5.97 Å². The van der Waals surface area contributed by atoms with Crippen LogP contribution in [-0.2, 0) is 19.0 Å². The summed E-state index contributed by atoms with van der Waals surface area (Å²) in [5, 5.41) is 8.91. The van der Waals surface area contributed by atoms with Gasteiger partial charge in [-0.05, 0) is 32.2 Å². The minimum atomic E-state index is -0.663. The van der Waals surface area contributed by atoms with Crippen LogP contribution in [0.25, 0.3) is 0 Å². The van der Waals surface area contributed by atoms with Crippen molar-refractivity contribution in [2.75, 3.05) is 27.3 Å². The van der Waals surface area contributed by atoms with Crippen molar-refractivity contribution in [3.63, 3.8) is 0 Å². The summed E-state index contributed by atoms with van der Waals surface area (Å²) in [5.41, 5.74) is -0.0544. The quantitative estimate of drug-likeness (QED) is 0.326. The molecular weight excluding hydrogens is 260 g/mol. The molecule has 0 aromatic rings. The van der Waals surface area contributed by atoms with Gasteiger partial charge in [0.25, 0.3) is 0 Å². The summed E-state index contributed by atoms with van der Waals surface area (Å²) in [5.74, 6) is -1.32. The lowest BCUT2D eigenvalue weighted by atomic mass is 10.2. The van der Waals surface area contributed by atoms with Crippen LogP contribution in [-0.4, -0.2) is 50.1 Å². The lowest BCUT2D eigenvalue weighted by Gasteiger charge is -2.16. The molecule has 0 bridgehead atoms. The number of carbonyl (C=O) groups is 1. The van der Waals surface area contributed by atoms with Gasteiger partial charge in [-0.2, -0.15) is 5.26 Å². The maximum Gasteiger partial charge on any atom is 0.348 e. The fourth-order valence-electron chi connectivity index (χ4n) is 1.55. The second kappa shape index (κ2) is 7.08. The van der Waals surface area contributed by atoms with E-state index in [4.69, 9.17) is 19.5 Å². The van der Waals surface area contributed by atoms with Crippen molar-refractivity contribution in [1.29, 1.82) is 5.26 Å². The van der Waals surface area contributed by atoms with Crippen molar-refractivity contribution in [3.8, 4) is 6.07 Å². The third kappa shape index (κ3) is 5.43. The molecule has 1 atom stereocenters. The molecule has 0 saturated carbocycles. The molecule has 0 aliphatic carbocycles. The number of hydrogen-bond donors (Lipinski definition) is 0. The molecule has 0 aromatic carbocycles. The molecular formula is C14H20N2O4. The third-order valence-electron chi connectivity index (χ3n) is 2.46. The molecule has 1 unspecified atom stereocenters. The van der Waals surface area contributed by atoms with Crippen molar-refractivity contribution < 1.29 is 19.0 Å². The topological polar surface area (TPSA) is 71.8 Å². The van der Waals surface area contributed by atoms with E-state index in [-0.39, 0.29) is 18.3 Å². The Morgan fingerprint density at radius 3 is 2.75 bits per heavy atom. The van der Waals surface area contributed by atoms with E-state index in [2.05, 4.69) is 0 Å². The number of esters is 1. The summed E-state index contributed by atoms with van der Waals surface area (Å²) in [7, 11) is 3.68. The maximum absolute atomic E-state index is 11.7. The van der Waals surface area contributed by atoms with E-state index in [1.165, 1.54) is 6.08 Å². The zero-order valence-electron chi connectivity index (χ0n) is 12.3. The first-order valence-corrected chi connectivity index (χ1v) is 6.28. The summed E-state index contributed by atoms with van der Waals surface area (Å²) in [6.45, 7) is 4.02. The standard InChI is InChI=1S/C14H20N2O4/c1-14(2)19-10-12(20-14)9-18-13(17)11(8-15)6-5-7-16(3)4/h5-7,12H,9-10H2,1-4H3. The predicted molar refractivity (Wildman–Crippen MR) is 72.4 cm³/mol. The molecule has 1 fully saturated rings. The Morgan fingerprint density at radius 2 is 2.25 bits per heavy atom. The van der Waals surface area contributed by atoms with Crippen LogP contribution in [0.3, 0.4) is 0 Å². The molecule has 1 saturated heterocycles. The summed E-state index contributed by atoms with van der Waals surface area (Å²) < 4.78 is 15.9. The second-order valence-electron chi connectivity index (χ2n) is 5.05. The van der Waals surface area contributed by atoms with Gasteiger partial charge in [0.15, 0.2) is 5.79 Å². The van der Waals surface area contributed by atoms with Gasteiger partial charge < -0.3 is 19.1 Å². The Labute approximate surface area is 119 Å². The first-order chi connectivity index (χ1) is 9.34. The lowest BCUT2D eigenvalue weighted by molar-refractivity contribution is -0.155. The monoisotopic (exact) mass is 280 g/mol. The SMILES string of the molecule is CN(C)C=CC=C(C#N)C(=O)OCC1COC(C)(C)O1.